The highest BCUT2D eigenvalue weighted by molar-refractivity contribution is 7.79. The maximum Gasteiger partial charge on any atom is 0.452 e. The van der Waals surface area contributed by atoms with Crippen LogP contribution in [0.2, 0.25) is 0 Å². The van der Waals surface area contributed by atoms with Gasteiger partial charge >= 0.3 is 18.2 Å². The summed E-state index contributed by atoms with van der Waals surface area (Å²) in [6.07, 6.45) is 10.4. The molecule has 2 unspecified atom stereocenters. The summed E-state index contributed by atoms with van der Waals surface area (Å²) in [5, 5.41) is 30.2. The number of carbonyl (C=O) groups excluding carboxylic acids is 4. The number of carbonyl (C=O) groups is 3. The number of rotatable bonds is 8. The first-order chi connectivity index (χ1) is 39.6. The SMILES string of the molecule is CC(=O)O.CC(=O)O[C@@H]1C=C[C@H]2[C@H]3Cc4ccc(P=O)c5c4[C@@]2(CCN3C)C1O5.CCN=NC(=O)OCC.CN1CC[C@]23c4c5ccc(P=O)c4OC2[C@@H](O)C=C[C@H]3[C@H]1C5.O=C=O.c1ccc(P(c2ccccc2)c2ccccc2)cc1. The fourth-order valence-corrected chi connectivity index (χ4v) is 16.4. The van der Waals surface area contributed by atoms with E-state index in [1.807, 2.05) is 24.3 Å². The number of nitrogens with zero attached hydrogens (tertiary/aromatic N) is 4. The molecule has 2 spiro atoms. The normalized spacial score (nSPS) is 26.5. The second-order valence-corrected chi connectivity index (χ2v) is 24.4. The number of likely N-dealkylation sites (N-methyl/N-ethyl adjacent to an activating group) is 2. The number of aliphatic hydroxyl groups excluding tert-OH is 1. The summed E-state index contributed by atoms with van der Waals surface area (Å²) in [5.74, 6) is 1.09. The Hall–Kier alpha value is -6.92. The van der Waals surface area contributed by atoms with Crippen LogP contribution < -0.4 is 36.0 Å². The zero-order valence-corrected chi connectivity index (χ0v) is 49.3. The predicted molar refractivity (Wildman–Crippen MR) is 312 cm³/mol. The molecule has 8 aliphatic rings. The number of benzene rings is 5. The first-order valence-corrected chi connectivity index (χ1v) is 30.2. The number of amides is 1. The summed E-state index contributed by atoms with van der Waals surface area (Å²) in [5.41, 5.74) is 4.71. The molecular weight excluding hydrogens is 1100 g/mol. The first-order valence-electron chi connectivity index (χ1n) is 27.3. The van der Waals surface area contributed by atoms with Gasteiger partial charge in [0.15, 0.2) is 23.0 Å². The van der Waals surface area contributed by atoms with Gasteiger partial charge in [-0.2, -0.15) is 14.7 Å². The highest BCUT2D eigenvalue weighted by Gasteiger charge is 2.66. The van der Waals surface area contributed by atoms with Crippen LogP contribution in [-0.2, 0) is 61.5 Å². The van der Waals surface area contributed by atoms with Crippen LogP contribution in [0, 0.1) is 11.8 Å². The molecule has 20 heteroatoms. The number of likely N-dealkylation sites (tertiary alicyclic amines) is 2. The Morgan fingerprint density at radius 3 is 1.52 bits per heavy atom. The number of piperidine rings is 2. The monoisotopic (exact) mass is 1170 g/mol. The van der Waals surface area contributed by atoms with Crippen LogP contribution >= 0.6 is 24.8 Å². The van der Waals surface area contributed by atoms with Gasteiger partial charge < -0.3 is 39.0 Å². The minimum Gasteiger partial charge on any atom is -0.485 e. The topological polar surface area (TPSA) is 228 Å². The van der Waals surface area contributed by atoms with Crippen molar-refractivity contribution in [3.8, 4) is 11.5 Å². The molecule has 5 aromatic carbocycles. The molecule has 13 rings (SSSR count). The van der Waals surface area contributed by atoms with E-state index in [0.717, 1.165) is 57.2 Å². The van der Waals surface area contributed by atoms with Gasteiger partial charge in [0, 0.05) is 59.7 Å². The van der Waals surface area contributed by atoms with Gasteiger partial charge in [-0.1, -0.05) is 126 Å². The van der Waals surface area contributed by atoms with Gasteiger partial charge in [-0.25, -0.2) is 4.79 Å². The van der Waals surface area contributed by atoms with E-state index in [0.29, 0.717) is 47.7 Å². The number of aliphatic hydroxyl groups is 1. The molecule has 2 saturated heterocycles. The van der Waals surface area contributed by atoms with Crippen LogP contribution in [-0.4, -0.2) is 121 Å². The molecule has 2 fully saturated rings. The summed E-state index contributed by atoms with van der Waals surface area (Å²) in [6, 6.07) is 41.2. The van der Waals surface area contributed by atoms with Crippen LogP contribution in [0.25, 0.3) is 0 Å². The molecule has 4 aliphatic heterocycles. The summed E-state index contributed by atoms with van der Waals surface area (Å²) in [6.45, 7) is 8.90. The van der Waals surface area contributed by atoms with Gasteiger partial charge in [-0.05, 0) is 120 Å². The molecule has 82 heavy (non-hydrogen) atoms. The van der Waals surface area contributed by atoms with Crippen LogP contribution in [0.3, 0.4) is 0 Å². The van der Waals surface area contributed by atoms with Crippen LogP contribution in [0.1, 0.15) is 62.8 Å². The van der Waals surface area contributed by atoms with E-state index >= 15 is 0 Å². The Balaban J connectivity index is 0.000000143. The fraction of sp³-hybridized carbons (Fsp3) is 0.387. The van der Waals surface area contributed by atoms with Crippen molar-refractivity contribution in [3.63, 3.8) is 0 Å². The largest absolute Gasteiger partial charge is 0.485 e. The zero-order valence-electron chi connectivity index (χ0n) is 46.6. The zero-order chi connectivity index (χ0) is 58.7. The van der Waals surface area contributed by atoms with E-state index < -0.39 is 32.2 Å². The molecule has 428 valence electrons. The summed E-state index contributed by atoms with van der Waals surface area (Å²) >= 11 is 0. The lowest BCUT2D eigenvalue weighted by Crippen LogP contribution is -2.65. The van der Waals surface area contributed by atoms with Crippen molar-refractivity contribution >= 4 is 75.5 Å². The summed E-state index contributed by atoms with van der Waals surface area (Å²) in [4.78, 5) is 52.1. The van der Waals surface area contributed by atoms with Crippen molar-refractivity contribution in [2.24, 2.45) is 22.1 Å². The van der Waals surface area contributed by atoms with E-state index in [1.165, 1.54) is 45.1 Å². The summed E-state index contributed by atoms with van der Waals surface area (Å²) < 4.78 is 45.8. The average molecular weight is 1170 g/mol. The second-order valence-electron chi connectivity index (χ2n) is 20.8. The van der Waals surface area contributed by atoms with Crippen LogP contribution in [0.15, 0.2) is 150 Å². The highest BCUT2D eigenvalue weighted by Crippen LogP contribution is 2.62. The molecule has 10 atom stereocenters. The lowest BCUT2D eigenvalue weighted by Gasteiger charge is -2.56. The maximum absolute atomic E-state index is 11.7. The minimum absolute atomic E-state index is 0.00866. The highest BCUT2D eigenvalue weighted by atomic mass is 31.1. The molecule has 0 radical (unpaired) electrons. The Morgan fingerprint density at radius 1 is 0.683 bits per heavy atom. The number of azo groups is 1. The number of hydrogen-bond acceptors (Lipinski definition) is 15. The lowest BCUT2D eigenvalue weighted by molar-refractivity contribution is -0.191. The number of aliphatic carboxylic acids is 1. The third-order valence-corrected chi connectivity index (χ3v) is 19.9. The van der Waals surface area contributed by atoms with E-state index in [-0.39, 0.29) is 52.1 Å². The molecule has 1 amide bonds. The van der Waals surface area contributed by atoms with E-state index in [4.69, 9.17) is 33.7 Å². The third-order valence-electron chi connectivity index (χ3n) is 16.4. The fourth-order valence-electron chi connectivity index (χ4n) is 13.4. The van der Waals surface area contributed by atoms with Crippen LogP contribution in [0.5, 0.6) is 11.5 Å². The Kier molecular flexibility index (Phi) is 20.5. The van der Waals surface area contributed by atoms with Crippen molar-refractivity contribution in [3.05, 3.63) is 162 Å². The average Bonchev–Trinajstić information content (AvgIpc) is 2.54. The Labute approximate surface area is 481 Å². The van der Waals surface area contributed by atoms with Gasteiger partial charge in [0.1, 0.15) is 29.8 Å². The maximum atomic E-state index is 11.7. The number of carboxylic acid groups (broad SMARTS) is 1. The minimum atomic E-state index is -0.833. The summed E-state index contributed by atoms with van der Waals surface area (Å²) in [7, 11) is 3.89. The Bertz CT molecular complexity index is 3140. The third kappa shape index (κ3) is 12.2. The predicted octanol–water partition coefficient (Wildman–Crippen LogP) is 7.96. The second kappa shape index (κ2) is 27.4. The molecule has 0 saturated carbocycles. The smallest absolute Gasteiger partial charge is 0.452 e. The Morgan fingerprint density at radius 2 is 1.11 bits per heavy atom. The van der Waals surface area contributed by atoms with Crippen LogP contribution in [0.4, 0.5) is 4.79 Å². The quantitative estimate of drug-likeness (QED) is 0.0650. The van der Waals surface area contributed by atoms with Crippen molar-refractivity contribution in [2.45, 2.75) is 101 Å². The van der Waals surface area contributed by atoms with Gasteiger partial charge in [0.05, 0.1) is 23.8 Å². The number of esters is 1. The van der Waals surface area contributed by atoms with Crippen molar-refractivity contribution in [1.82, 2.24) is 9.80 Å². The molecule has 4 heterocycles. The van der Waals surface area contributed by atoms with E-state index in [2.05, 4.69) is 154 Å². The number of hydrogen-bond donors (Lipinski definition) is 2. The van der Waals surface area contributed by atoms with Gasteiger partial charge in [-0.3, -0.25) is 18.7 Å². The molecule has 5 aromatic rings. The molecule has 4 bridgehead atoms. The molecule has 2 N–H and O–H groups in total. The van der Waals surface area contributed by atoms with Gasteiger partial charge in [0.25, 0.3) is 5.97 Å². The van der Waals surface area contributed by atoms with Crippen molar-refractivity contribution < 1.29 is 62.3 Å². The number of carboxylic acids is 1. The number of ether oxygens (including phenoxy) is 4. The standard InChI is InChI=1S/C19H20NO4P.C18H15P.C17H18NO3P.C5H10N2O2.C2H4O2.CO2/c1-10(21)23-14-5-4-12-13-9-11-3-6-15(25-22)17-16(11)19(12,18(14)24-17)7-8-20(13)2;1-4-10-16(11-5-1)19(17-12-6-2-7-13-17)18-14-8-3-9-15-18;1-18-7-6-17-10-3-4-12(19)16(17)21-15-13(22-20)5-2-9(14(15)17)8-11(10)18;1-3-6-7-5(8)9-4-2;1-2(3)4;2-1-3/h3-6,12-14,18H,7-9H2,1-2H3;1-15H;2-5,10-12,16,19H,6-8H2,1H3;3-4H2,1-2H3;1H3,(H,3,4);/t12-,13+,14+,18?,19-;;10-,11+,12-,16?,17-;;;/m0.0.../s1. The molecular formula is C62H67N4O13P3. The first kappa shape index (κ1) is 61.2. The van der Waals surface area contributed by atoms with E-state index in [9.17, 15) is 23.8 Å². The van der Waals surface area contributed by atoms with E-state index in [1.54, 1.807) is 13.8 Å². The van der Waals surface area contributed by atoms with Gasteiger partial charge in [0.2, 0.25) is 0 Å². The van der Waals surface area contributed by atoms with Crippen molar-refractivity contribution in [2.75, 3.05) is 40.3 Å². The van der Waals surface area contributed by atoms with Crippen molar-refractivity contribution in [1.29, 1.82) is 0 Å². The molecule has 17 nitrogen and oxygen atoms in total. The van der Waals surface area contributed by atoms with Gasteiger partial charge in [-0.15, -0.1) is 0 Å². The molecule has 4 aliphatic carbocycles. The molecule has 0 aromatic heterocycles. The lowest BCUT2D eigenvalue weighted by atomic mass is 9.53.